The van der Waals surface area contributed by atoms with E-state index in [1.165, 1.54) is 5.57 Å². The Balaban J connectivity index is 1.58. The van der Waals surface area contributed by atoms with Gasteiger partial charge in [-0.25, -0.2) is 4.57 Å². The molecule has 3 saturated carbocycles. The number of hydrogen-bond donors (Lipinski definition) is 2. The summed E-state index contributed by atoms with van der Waals surface area (Å²) in [4.78, 5) is 30.7. The maximum atomic E-state index is 12.4. The molecule has 140 valence electrons. The number of carbonyl (C=O) groups excluding carboxylic acids is 1. The molecule has 25 heavy (non-hydrogen) atoms. The Labute approximate surface area is 149 Å². The highest BCUT2D eigenvalue weighted by Crippen LogP contribution is 2.64. The maximum absolute atomic E-state index is 12.4. The van der Waals surface area contributed by atoms with Crippen molar-refractivity contribution in [1.82, 2.24) is 0 Å². The van der Waals surface area contributed by atoms with Gasteiger partial charge in [0, 0.05) is 11.8 Å². The van der Waals surface area contributed by atoms with E-state index in [1.807, 2.05) is 0 Å². The van der Waals surface area contributed by atoms with E-state index < -0.39 is 7.82 Å². The maximum Gasteiger partial charge on any atom is 0.469 e. The van der Waals surface area contributed by atoms with Crippen molar-refractivity contribution in [2.75, 3.05) is 0 Å². The van der Waals surface area contributed by atoms with Crippen molar-refractivity contribution in [2.45, 2.75) is 71.3 Å². The molecular formula is C19H29O5P. The van der Waals surface area contributed by atoms with Crippen LogP contribution in [0.15, 0.2) is 11.6 Å². The number of hydrogen-bond acceptors (Lipinski definition) is 3. The lowest BCUT2D eigenvalue weighted by Crippen LogP contribution is -2.50. The van der Waals surface area contributed by atoms with Crippen LogP contribution in [0.25, 0.3) is 0 Å². The van der Waals surface area contributed by atoms with Crippen LogP contribution < -0.4 is 0 Å². The van der Waals surface area contributed by atoms with Gasteiger partial charge in [0.2, 0.25) is 0 Å². The number of phosphoric acid groups is 1. The number of Topliss-reactive ketones (excluding diaryl/α,β-unsaturated/α-hetero) is 1. The first-order valence-electron chi connectivity index (χ1n) is 9.60. The number of ketones is 1. The molecule has 0 spiro atoms. The summed E-state index contributed by atoms with van der Waals surface area (Å²) >= 11 is 0. The van der Waals surface area contributed by atoms with Crippen LogP contribution in [0.3, 0.4) is 0 Å². The molecule has 3 fully saturated rings. The van der Waals surface area contributed by atoms with Crippen LogP contribution in [-0.2, 0) is 13.9 Å². The molecule has 0 aromatic rings. The van der Waals surface area contributed by atoms with Crippen molar-refractivity contribution in [2.24, 2.45) is 28.6 Å². The lowest BCUT2D eigenvalue weighted by atomic mass is 9.48. The molecule has 6 atom stereocenters. The predicted molar refractivity (Wildman–Crippen MR) is 93.6 cm³/mol. The van der Waals surface area contributed by atoms with Crippen LogP contribution >= 0.6 is 7.82 Å². The first-order chi connectivity index (χ1) is 11.6. The second-order valence-corrected chi connectivity index (χ2v) is 10.3. The standard InChI is InChI=1S/C19H29O5P/c1-18-9-7-13(24-25(21,22)23)11-12(18)3-4-14-15-5-6-17(20)19(15,2)10-8-16(14)18/h3,13-16H,4-11H2,1-2H3,(H2,21,22,23)/t13-,14-,15-,16-,18-,19-/m0/s1. The Morgan fingerprint density at radius 2 is 1.80 bits per heavy atom. The van der Waals surface area contributed by atoms with Crippen LogP contribution in [0, 0.1) is 28.6 Å². The van der Waals surface area contributed by atoms with E-state index in [2.05, 4.69) is 19.9 Å². The van der Waals surface area contributed by atoms with Crippen molar-refractivity contribution < 1.29 is 23.7 Å². The van der Waals surface area contributed by atoms with Gasteiger partial charge in [-0.2, -0.15) is 0 Å². The van der Waals surface area contributed by atoms with Gasteiger partial charge >= 0.3 is 7.82 Å². The third kappa shape index (κ3) is 2.79. The second kappa shape index (κ2) is 5.76. The van der Waals surface area contributed by atoms with E-state index >= 15 is 0 Å². The third-order valence-corrected chi connectivity index (χ3v) is 8.63. The molecule has 0 radical (unpaired) electrons. The van der Waals surface area contributed by atoms with Gasteiger partial charge in [0.1, 0.15) is 5.78 Å². The fourth-order valence-electron chi connectivity index (χ4n) is 6.68. The van der Waals surface area contributed by atoms with Crippen LogP contribution in [0.2, 0.25) is 0 Å². The Morgan fingerprint density at radius 1 is 1.12 bits per heavy atom. The molecule has 4 rings (SSSR count). The minimum Gasteiger partial charge on any atom is -0.303 e. The zero-order valence-electron chi connectivity index (χ0n) is 15.1. The van der Waals surface area contributed by atoms with Gasteiger partial charge in [-0.1, -0.05) is 25.5 Å². The van der Waals surface area contributed by atoms with Gasteiger partial charge in [-0.3, -0.25) is 9.32 Å². The molecule has 4 aliphatic rings. The Bertz CT molecular complexity index is 667. The monoisotopic (exact) mass is 368 g/mol. The van der Waals surface area contributed by atoms with E-state index in [1.54, 1.807) is 0 Å². The van der Waals surface area contributed by atoms with Crippen LogP contribution in [0.4, 0.5) is 0 Å². The molecule has 0 amide bonds. The van der Waals surface area contributed by atoms with Crippen LogP contribution in [0.1, 0.15) is 65.2 Å². The molecule has 0 aliphatic heterocycles. The molecular weight excluding hydrogens is 339 g/mol. The Kier molecular flexibility index (Phi) is 4.12. The van der Waals surface area contributed by atoms with Crippen molar-refractivity contribution in [3.05, 3.63) is 11.6 Å². The van der Waals surface area contributed by atoms with Crippen molar-refractivity contribution in [1.29, 1.82) is 0 Å². The zero-order valence-corrected chi connectivity index (χ0v) is 16.0. The van der Waals surface area contributed by atoms with Crippen LogP contribution in [0.5, 0.6) is 0 Å². The lowest BCUT2D eigenvalue weighted by Gasteiger charge is -2.57. The Morgan fingerprint density at radius 3 is 2.52 bits per heavy atom. The molecule has 0 bridgehead atoms. The highest BCUT2D eigenvalue weighted by atomic mass is 31.2. The number of carbonyl (C=O) groups is 1. The molecule has 0 saturated heterocycles. The number of allylic oxidation sites excluding steroid dienone is 1. The second-order valence-electron chi connectivity index (χ2n) is 9.14. The summed E-state index contributed by atoms with van der Waals surface area (Å²) in [6.07, 6.45) is 9.08. The van der Waals surface area contributed by atoms with E-state index in [0.717, 1.165) is 38.5 Å². The average molecular weight is 368 g/mol. The van der Waals surface area contributed by atoms with E-state index in [-0.39, 0.29) is 16.9 Å². The van der Waals surface area contributed by atoms with E-state index in [4.69, 9.17) is 14.3 Å². The molecule has 0 aromatic heterocycles. The van der Waals surface area contributed by atoms with Gasteiger partial charge in [-0.15, -0.1) is 0 Å². The molecule has 6 heteroatoms. The first kappa shape index (κ1) is 17.9. The summed E-state index contributed by atoms with van der Waals surface area (Å²) in [5, 5.41) is 0. The fourth-order valence-corrected chi connectivity index (χ4v) is 7.25. The van der Waals surface area contributed by atoms with Crippen molar-refractivity contribution >= 4 is 13.6 Å². The predicted octanol–water partition coefficient (Wildman–Crippen LogP) is 4.00. The summed E-state index contributed by atoms with van der Waals surface area (Å²) in [5.41, 5.74) is 1.32. The largest absolute Gasteiger partial charge is 0.469 e. The van der Waals surface area contributed by atoms with E-state index in [9.17, 15) is 9.36 Å². The quantitative estimate of drug-likeness (QED) is 0.569. The van der Waals surface area contributed by atoms with Gasteiger partial charge in [0.25, 0.3) is 0 Å². The number of fused-ring (bicyclic) bond motifs is 5. The lowest BCUT2D eigenvalue weighted by molar-refractivity contribution is -0.131. The van der Waals surface area contributed by atoms with Gasteiger partial charge in [-0.05, 0) is 68.1 Å². The smallest absolute Gasteiger partial charge is 0.303 e. The summed E-state index contributed by atoms with van der Waals surface area (Å²) < 4.78 is 16.2. The highest BCUT2D eigenvalue weighted by Gasteiger charge is 2.58. The SMILES string of the molecule is C[C@]12CC[C@H](OP(=O)(O)O)CC1=CC[C@@H]1[C@@H]2CC[C@]2(C)C(=O)CC[C@@H]12. The van der Waals surface area contributed by atoms with Crippen LogP contribution in [-0.4, -0.2) is 21.7 Å². The summed E-state index contributed by atoms with van der Waals surface area (Å²) in [5.74, 6) is 2.15. The normalized spacial score (nSPS) is 46.9. The molecule has 0 aromatic carbocycles. The summed E-state index contributed by atoms with van der Waals surface area (Å²) in [6, 6.07) is 0. The minimum absolute atomic E-state index is 0.102. The highest BCUT2D eigenvalue weighted by molar-refractivity contribution is 7.46. The fraction of sp³-hybridized carbons (Fsp3) is 0.842. The Hall–Kier alpha value is -0.480. The van der Waals surface area contributed by atoms with Gasteiger partial charge < -0.3 is 9.79 Å². The number of rotatable bonds is 2. The summed E-state index contributed by atoms with van der Waals surface area (Å²) in [6.45, 7) is 4.53. The molecule has 5 nitrogen and oxygen atoms in total. The molecule has 0 heterocycles. The minimum atomic E-state index is -4.43. The molecule has 4 aliphatic carbocycles. The average Bonchev–Trinajstić information content (AvgIpc) is 2.82. The third-order valence-electron chi connectivity index (χ3n) is 8.05. The van der Waals surface area contributed by atoms with E-state index in [0.29, 0.717) is 36.4 Å². The first-order valence-corrected chi connectivity index (χ1v) is 11.1. The van der Waals surface area contributed by atoms with Gasteiger partial charge in [0.05, 0.1) is 6.10 Å². The van der Waals surface area contributed by atoms with Crippen molar-refractivity contribution in [3.8, 4) is 0 Å². The topological polar surface area (TPSA) is 83.8 Å². The number of phosphoric ester groups is 1. The molecule has 2 N–H and O–H groups in total. The molecule has 0 unspecified atom stereocenters. The van der Waals surface area contributed by atoms with Gasteiger partial charge in [0.15, 0.2) is 0 Å². The van der Waals surface area contributed by atoms with Crippen molar-refractivity contribution in [3.63, 3.8) is 0 Å². The zero-order chi connectivity index (χ0) is 18.0. The summed E-state index contributed by atoms with van der Waals surface area (Å²) in [7, 11) is -4.43.